The Labute approximate surface area is 220 Å². The van der Waals surface area contributed by atoms with E-state index >= 15 is 0 Å². The van der Waals surface area contributed by atoms with E-state index in [0.717, 1.165) is 11.1 Å². The van der Waals surface area contributed by atoms with Crippen LogP contribution in [0.5, 0.6) is 0 Å². The zero-order valence-corrected chi connectivity index (χ0v) is 20.9. The molecule has 0 radical (unpaired) electrons. The molecular weight excluding hydrogens is 478 g/mol. The van der Waals surface area contributed by atoms with E-state index in [1.807, 2.05) is 31.2 Å². The summed E-state index contributed by atoms with van der Waals surface area (Å²) < 4.78 is 0. The Hall–Kier alpha value is -5.04. The first-order chi connectivity index (χ1) is 18.4. The van der Waals surface area contributed by atoms with Gasteiger partial charge in [-0.3, -0.25) is 19.2 Å². The Kier molecular flexibility index (Phi) is 8.41. The van der Waals surface area contributed by atoms with Gasteiger partial charge in [0.2, 0.25) is 11.8 Å². The number of anilines is 2. The number of nitrogens with one attached hydrogen (secondary N) is 3. The number of rotatable bonds is 9. The Balaban J connectivity index is 1.49. The lowest BCUT2D eigenvalue weighted by Gasteiger charge is -2.14. The van der Waals surface area contributed by atoms with Gasteiger partial charge in [0.15, 0.2) is 5.78 Å². The van der Waals surface area contributed by atoms with Crippen LogP contribution in [0.3, 0.4) is 0 Å². The maximum atomic E-state index is 13.3. The molecule has 4 aromatic carbocycles. The van der Waals surface area contributed by atoms with Crippen LogP contribution in [0.2, 0.25) is 0 Å². The minimum Gasteiger partial charge on any atom is -0.343 e. The standard InChI is InChI=1S/C31H27N3O4/c1-21-12-14-22(15-13-21)18-28(35)34-27-17-16-25(19-26(27)30(37)23-8-4-2-5-9-23)33-29(36)20-32-31(38)24-10-6-3-7-11-24/h2-17,19H,18,20H2,1H3,(H,32,38)(H,33,36)(H,34,35). The van der Waals surface area contributed by atoms with Crippen molar-refractivity contribution in [2.75, 3.05) is 17.2 Å². The molecule has 38 heavy (non-hydrogen) atoms. The van der Waals surface area contributed by atoms with Crippen molar-refractivity contribution in [3.05, 3.63) is 131 Å². The average molecular weight is 506 g/mol. The predicted molar refractivity (Wildman–Crippen MR) is 147 cm³/mol. The summed E-state index contributed by atoms with van der Waals surface area (Å²) in [6.07, 6.45) is 0.152. The molecule has 4 rings (SSSR count). The van der Waals surface area contributed by atoms with Gasteiger partial charge >= 0.3 is 0 Å². The fraction of sp³-hybridized carbons (Fsp3) is 0.0968. The van der Waals surface area contributed by atoms with Crippen molar-refractivity contribution in [3.63, 3.8) is 0 Å². The smallest absolute Gasteiger partial charge is 0.251 e. The van der Waals surface area contributed by atoms with Crippen LogP contribution in [0, 0.1) is 6.92 Å². The fourth-order valence-electron chi connectivity index (χ4n) is 3.81. The van der Waals surface area contributed by atoms with E-state index in [2.05, 4.69) is 16.0 Å². The van der Waals surface area contributed by atoms with E-state index in [9.17, 15) is 19.2 Å². The summed E-state index contributed by atoms with van der Waals surface area (Å²) in [6, 6.07) is 29.6. The van der Waals surface area contributed by atoms with Gasteiger partial charge < -0.3 is 16.0 Å². The van der Waals surface area contributed by atoms with Gasteiger partial charge in [-0.15, -0.1) is 0 Å². The summed E-state index contributed by atoms with van der Waals surface area (Å²) in [5, 5.41) is 8.11. The molecule has 0 spiro atoms. The Morgan fingerprint density at radius 2 is 1.29 bits per heavy atom. The summed E-state index contributed by atoms with van der Waals surface area (Å²) >= 11 is 0. The molecule has 7 heteroatoms. The van der Waals surface area contributed by atoms with Gasteiger partial charge in [-0.05, 0) is 42.8 Å². The van der Waals surface area contributed by atoms with E-state index in [4.69, 9.17) is 0 Å². The van der Waals surface area contributed by atoms with Gasteiger partial charge in [-0.1, -0.05) is 78.4 Å². The average Bonchev–Trinajstić information content (AvgIpc) is 2.94. The first-order valence-electron chi connectivity index (χ1n) is 12.1. The number of amides is 3. The molecule has 3 N–H and O–H groups in total. The molecule has 0 aliphatic heterocycles. The number of carbonyl (C=O) groups excluding carboxylic acids is 4. The molecule has 0 heterocycles. The second-order valence-corrected chi connectivity index (χ2v) is 8.76. The lowest BCUT2D eigenvalue weighted by molar-refractivity contribution is -0.116. The van der Waals surface area contributed by atoms with Gasteiger partial charge in [0, 0.05) is 22.4 Å². The van der Waals surface area contributed by atoms with E-state index in [-0.39, 0.29) is 36.1 Å². The van der Waals surface area contributed by atoms with Crippen LogP contribution in [0.25, 0.3) is 0 Å². The number of hydrogen-bond acceptors (Lipinski definition) is 4. The molecule has 7 nitrogen and oxygen atoms in total. The molecule has 0 atom stereocenters. The highest BCUT2D eigenvalue weighted by Crippen LogP contribution is 2.24. The fourth-order valence-corrected chi connectivity index (χ4v) is 3.81. The van der Waals surface area contributed by atoms with Gasteiger partial charge in [0.1, 0.15) is 0 Å². The maximum Gasteiger partial charge on any atom is 0.251 e. The third-order valence-corrected chi connectivity index (χ3v) is 5.79. The number of hydrogen-bond donors (Lipinski definition) is 3. The first-order valence-corrected chi connectivity index (χ1v) is 12.1. The van der Waals surface area contributed by atoms with E-state index in [1.165, 1.54) is 6.07 Å². The zero-order valence-electron chi connectivity index (χ0n) is 20.9. The molecule has 0 unspecified atom stereocenters. The lowest BCUT2D eigenvalue weighted by atomic mass is 10.0. The Morgan fingerprint density at radius 1 is 0.658 bits per heavy atom. The number of carbonyl (C=O) groups is 4. The summed E-state index contributed by atoms with van der Waals surface area (Å²) in [4.78, 5) is 50.8. The van der Waals surface area contributed by atoms with Crippen molar-refractivity contribution in [2.45, 2.75) is 13.3 Å². The summed E-state index contributed by atoms with van der Waals surface area (Å²) in [6.45, 7) is 1.73. The summed E-state index contributed by atoms with van der Waals surface area (Å²) in [5.41, 5.74) is 3.78. The highest BCUT2D eigenvalue weighted by atomic mass is 16.2. The highest BCUT2D eigenvalue weighted by Gasteiger charge is 2.17. The molecule has 0 fully saturated rings. The van der Waals surface area contributed by atoms with Gasteiger partial charge in [0.05, 0.1) is 18.7 Å². The maximum absolute atomic E-state index is 13.3. The van der Waals surface area contributed by atoms with E-state index < -0.39 is 5.91 Å². The van der Waals surface area contributed by atoms with Gasteiger partial charge in [-0.2, -0.15) is 0 Å². The monoisotopic (exact) mass is 505 g/mol. The molecule has 0 aliphatic rings. The second-order valence-electron chi connectivity index (χ2n) is 8.76. The molecule has 0 aliphatic carbocycles. The molecule has 190 valence electrons. The third kappa shape index (κ3) is 7.01. The predicted octanol–water partition coefficient (Wildman–Crippen LogP) is 4.78. The molecule has 0 saturated heterocycles. The molecule has 0 saturated carbocycles. The van der Waals surface area contributed by atoms with Crippen molar-refractivity contribution >= 4 is 34.9 Å². The lowest BCUT2D eigenvalue weighted by Crippen LogP contribution is -2.32. The highest BCUT2D eigenvalue weighted by molar-refractivity contribution is 6.14. The minimum absolute atomic E-state index is 0.152. The van der Waals surface area contributed by atoms with Crippen molar-refractivity contribution < 1.29 is 19.2 Å². The molecular formula is C31H27N3O4. The Morgan fingerprint density at radius 3 is 1.95 bits per heavy atom. The van der Waals surface area contributed by atoms with Crippen molar-refractivity contribution in [1.29, 1.82) is 0 Å². The quantitative estimate of drug-likeness (QED) is 0.285. The van der Waals surface area contributed by atoms with Crippen LogP contribution >= 0.6 is 0 Å². The van der Waals surface area contributed by atoms with Crippen LogP contribution in [-0.4, -0.2) is 30.0 Å². The van der Waals surface area contributed by atoms with Gasteiger partial charge in [0.25, 0.3) is 5.91 Å². The normalized spacial score (nSPS) is 10.3. The molecule has 0 bridgehead atoms. The summed E-state index contributed by atoms with van der Waals surface area (Å²) in [7, 11) is 0. The van der Waals surface area contributed by atoms with Crippen molar-refractivity contribution in [2.24, 2.45) is 0 Å². The number of ketones is 1. The SMILES string of the molecule is Cc1ccc(CC(=O)Nc2ccc(NC(=O)CNC(=O)c3ccccc3)cc2C(=O)c2ccccc2)cc1. The zero-order chi connectivity index (χ0) is 26.9. The second kappa shape index (κ2) is 12.3. The van der Waals surface area contributed by atoms with E-state index in [1.54, 1.807) is 72.8 Å². The molecule has 0 aromatic heterocycles. The van der Waals surface area contributed by atoms with Crippen LogP contribution in [-0.2, 0) is 16.0 Å². The number of benzene rings is 4. The van der Waals surface area contributed by atoms with Crippen LogP contribution in [0.15, 0.2) is 103 Å². The van der Waals surface area contributed by atoms with Crippen LogP contribution in [0.1, 0.15) is 37.4 Å². The summed E-state index contributed by atoms with van der Waals surface area (Å²) in [5.74, 6) is -1.39. The molecule has 3 amide bonds. The topological polar surface area (TPSA) is 104 Å². The van der Waals surface area contributed by atoms with Gasteiger partial charge in [-0.25, -0.2) is 0 Å². The van der Waals surface area contributed by atoms with Crippen LogP contribution in [0.4, 0.5) is 11.4 Å². The van der Waals surface area contributed by atoms with E-state index in [0.29, 0.717) is 22.5 Å². The third-order valence-electron chi connectivity index (χ3n) is 5.79. The number of aryl methyl sites for hydroxylation is 1. The van der Waals surface area contributed by atoms with Crippen molar-refractivity contribution in [3.8, 4) is 0 Å². The molecule has 4 aromatic rings. The van der Waals surface area contributed by atoms with Crippen molar-refractivity contribution in [1.82, 2.24) is 5.32 Å². The van der Waals surface area contributed by atoms with Crippen LogP contribution < -0.4 is 16.0 Å². The minimum atomic E-state index is -0.455. The first kappa shape index (κ1) is 26.0. The largest absolute Gasteiger partial charge is 0.343 e. The Bertz CT molecular complexity index is 1450.